The molecule has 100 valence electrons. The molecule has 0 amide bonds. The Morgan fingerprint density at radius 3 is 2.89 bits per heavy atom. The van der Waals surface area contributed by atoms with Crippen molar-refractivity contribution >= 4 is 5.69 Å². The monoisotopic (exact) mass is 248 g/mol. The van der Waals surface area contributed by atoms with Gasteiger partial charge in [0, 0.05) is 19.3 Å². The Bertz CT molecular complexity index is 415. The van der Waals surface area contributed by atoms with E-state index in [9.17, 15) is 0 Å². The number of nitrogens with two attached hydrogens (primary N) is 1. The number of anilines is 1. The topological polar surface area (TPSA) is 38.5 Å². The predicted octanol–water partition coefficient (Wildman–Crippen LogP) is 2.43. The van der Waals surface area contributed by atoms with Crippen molar-refractivity contribution in [2.45, 2.75) is 26.7 Å². The Morgan fingerprint density at radius 1 is 1.39 bits per heavy atom. The highest BCUT2D eigenvalue weighted by Crippen LogP contribution is 2.29. The van der Waals surface area contributed by atoms with E-state index in [1.54, 1.807) is 0 Å². The van der Waals surface area contributed by atoms with Crippen LogP contribution in [0.5, 0.6) is 5.75 Å². The molecule has 0 aromatic heterocycles. The van der Waals surface area contributed by atoms with Crippen molar-refractivity contribution in [1.29, 1.82) is 0 Å². The van der Waals surface area contributed by atoms with Gasteiger partial charge in [-0.3, -0.25) is 0 Å². The van der Waals surface area contributed by atoms with Crippen molar-refractivity contribution in [3.63, 3.8) is 0 Å². The highest BCUT2D eigenvalue weighted by molar-refractivity contribution is 5.53. The van der Waals surface area contributed by atoms with Crippen LogP contribution < -0.4 is 15.4 Å². The molecule has 0 saturated heterocycles. The number of fused-ring (bicyclic) bond motifs is 1. The smallest absolute Gasteiger partial charge is 0.122 e. The second-order valence-electron chi connectivity index (χ2n) is 5.97. The van der Waals surface area contributed by atoms with Crippen molar-refractivity contribution in [2.24, 2.45) is 11.1 Å². The zero-order chi connectivity index (χ0) is 13.2. The van der Waals surface area contributed by atoms with Gasteiger partial charge in [0.1, 0.15) is 5.75 Å². The van der Waals surface area contributed by atoms with Crippen LogP contribution in [0.4, 0.5) is 5.69 Å². The molecule has 0 radical (unpaired) electrons. The van der Waals surface area contributed by atoms with Crippen LogP contribution in [0.25, 0.3) is 0 Å². The third-order valence-corrected chi connectivity index (χ3v) is 3.55. The van der Waals surface area contributed by atoms with Crippen molar-refractivity contribution in [3.8, 4) is 5.75 Å². The Morgan fingerprint density at radius 2 is 2.17 bits per heavy atom. The average Bonchev–Trinajstić information content (AvgIpc) is 2.37. The van der Waals surface area contributed by atoms with Gasteiger partial charge < -0.3 is 15.4 Å². The third-order valence-electron chi connectivity index (χ3n) is 3.55. The molecule has 3 nitrogen and oxygen atoms in total. The van der Waals surface area contributed by atoms with E-state index >= 15 is 0 Å². The first-order valence-corrected chi connectivity index (χ1v) is 6.69. The number of ether oxygens (including phenoxy) is 1. The van der Waals surface area contributed by atoms with Gasteiger partial charge in [-0.25, -0.2) is 0 Å². The fourth-order valence-corrected chi connectivity index (χ4v) is 2.38. The molecule has 1 aromatic carbocycles. The minimum atomic E-state index is 0.140. The maximum atomic E-state index is 5.80. The van der Waals surface area contributed by atoms with Gasteiger partial charge in [-0.2, -0.15) is 0 Å². The number of aryl methyl sites for hydroxylation is 1. The lowest BCUT2D eigenvalue weighted by atomic mass is 9.93. The van der Waals surface area contributed by atoms with Crippen molar-refractivity contribution < 1.29 is 4.74 Å². The Labute approximate surface area is 110 Å². The van der Waals surface area contributed by atoms with Gasteiger partial charge >= 0.3 is 0 Å². The molecule has 1 aromatic rings. The minimum absolute atomic E-state index is 0.140. The largest absolute Gasteiger partial charge is 0.493 e. The summed E-state index contributed by atoms with van der Waals surface area (Å²) in [6, 6.07) is 6.48. The van der Waals surface area contributed by atoms with Gasteiger partial charge in [-0.1, -0.05) is 13.8 Å². The average molecular weight is 248 g/mol. The summed E-state index contributed by atoms with van der Waals surface area (Å²) in [6.07, 6.45) is 2.24. The summed E-state index contributed by atoms with van der Waals surface area (Å²) in [7, 11) is 2.13. The lowest BCUT2D eigenvalue weighted by molar-refractivity contribution is 0.288. The summed E-state index contributed by atoms with van der Waals surface area (Å²) in [6.45, 7) is 6.91. The molecule has 0 bridgehead atoms. The quantitative estimate of drug-likeness (QED) is 0.889. The minimum Gasteiger partial charge on any atom is -0.493 e. The van der Waals surface area contributed by atoms with Crippen molar-refractivity contribution in [2.75, 3.05) is 31.6 Å². The molecule has 0 aliphatic carbocycles. The first-order valence-electron chi connectivity index (χ1n) is 6.69. The van der Waals surface area contributed by atoms with E-state index < -0.39 is 0 Å². The number of rotatable bonds is 4. The molecule has 1 heterocycles. The van der Waals surface area contributed by atoms with E-state index in [1.807, 2.05) is 0 Å². The summed E-state index contributed by atoms with van der Waals surface area (Å²) in [5.41, 5.74) is 8.52. The molecule has 18 heavy (non-hydrogen) atoms. The molecular formula is C15H24N2O. The van der Waals surface area contributed by atoms with E-state index in [4.69, 9.17) is 10.5 Å². The van der Waals surface area contributed by atoms with Crippen LogP contribution in [0.1, 0.15) is 25.8 Å². The molecule has 0 spiro atoms. The molecule has 0 saturated carbocycles. The summed E-state index contributed by atoms with van der Waals surface area (Å²) in [5, 5.41) is 0. The first-order chi connectivity index (χ1) is 8.52. The SMILES string of the molecule is CN(CC(C)(C)CN)c1ccc2c(c1)CCCO2. The molecule has 1 aliphatic rings. The van der Waals surface area contributed by atoms with Gasteiger partial charge in [0.15, 0.2) is 0 Å². The number of hydrogen-bond donors (Lipinski definition) is 1. The molecule has 2 N–H and O–H groups in total. The Balaban J connectivity index is 2.13. The van der Waals surface area contributed by atoms with Crippen LogP contribution in [0.3, 0.4) is 0 Å². The predicted molar refractivity (Wildman–Crippen MR) is 76.4 cm³/mol. The van der Waals surface area contributed by atoms with Crippen LogP contribution in [0.2, 0.25) is 0 Å². The summed E-state index contributed by atoms with van der Waals surface area (Å²) < 4.78 is 5.64. The molecule has 0 atom stereocenters. The van der Waals surface area contributed by atoms with Gasteiger partial charge in [0.25, 0.3) is 0 Å². The highest BCUT2D eigenvalue weighted by atomic mass is 16.5. The van der Waals surface area contributed by atoms with E-state index in [0.29, 0.717) is 6.54 Å². The molecule has 1 aliphatic heterocycles. The first kappa shape index (κ1) is 13.2. The van der Waals surface area contributed by atoms with Crippen LogP contribution >= 0.6 is 0 Å². The van der Waals surface area contributed by atoms with E-state index in [1.165, 1.54) is 11.3 Å². The lowest BCUT2D eigenvalue weighted by Gasteiger charge is -2.31. The van der Waals surface area contributed by atoms with Crippen molar-refractivity contribution in [3.05, 3.63) is 23.8 Å². The fourth-order valence-electron chi connectivity index (χ4n) is 2.38. The van der Waals surface area contributed by atoms with Gasteiger partial charge in [0.2, 0.25) is 0 Å². The van der Waals surface area contributed by atoms with Crippen LogP contribution in [0, 0.1) is 5.41 Å². The van der Waals surface area contributed by atoms with Gasteiger partial charge in [-0.15, -0.1) is 0 Å². The van der Waals surface area contributed by atoms with Crippen molar-refractivity contribution in [1.82, 2.24) is 0 Å². The third kappa shape index (κ3) is 2.96. The lowest BCUT2D eigenvalue weighted by Crippen LogP contribution is -2.36. The number of benzene rings is 1. The Kier molecular flexibility index (Phi) is 3.81. The van der Waals surface area contributed by atoms with Gasteiger partial charge in [0.05, 0.1) is 6.61 Å². The number of nitrogens with zero attached hydrogens (tertiary/aromatic N) is 1. The fraction of sp³-hybridized carbons (Fsp3) is 0.600. The summed E-state index contributed by atoms with van der Waals surface area (Å²) in [5.74, 6) is 1.05. The van der Waals surface area contributed by atoms with E-state index in [0.717, 1.165) is 31.7 Å². The zero-order valence-corrected chi connectivity index (χ0v) is 11.7. The maximum Gasteiger partial charge on any atom is 0.122 e. The van der Waals surface area contributed by atoms with E-state index in [2.05, 4.69) is 44.0 Å². The standard InChI is InChI=1S/C15H24N2O/c1-15(2,10-16)11-17(3)13-6-7-14-12(9-13)5-4-8-18-14/h6-7,9H,4-5,8,10-11,16H2,1-3H3. The molecule has 0 unspecified atom stereocenters. The molecule has 0 fully saturated rings. The second-order valence-corrected chi connectivity index (χ2v) is 5.97. The Hall–Kier alpha value is -1.22. The van der Waals surface area contributed by atoms with Crippen LogP contribution in [-0.2, 0) is 6.42 Å². The normalized spacial score (nSPS) is 14.9. The van der Waals surface area contributed by atoms with Crippen LogP contribution in [-0.4, -0.2) is 26.7 Å². The molecular weight excluding hydrogens is 224 g/mol. The molecule has 2 rings (SSSR count). The summed E-state index contributed by atoms with van der Waals surface area (Å²) in [4.78, 5) is 2.28. The van der Waals surface area contributed by atoms with E-state index in [-0.39, 0.29) is 5.41 Å². The summed E-state index contributed by atoms with van der Waals surface area (Å²) >= 11 is 0. The maximum absolute atomic E-state index is 5.80. The number of hydrogen-bond acceptors (Lipinski definition) is 3. The highest BCUT2D eigenvalue weighted by Gasteiger charge is 2.19. The van der Waals surface area contributed by atoms with Crippen LogP contribution in [0.15, 0.2) is 18.2 Å². The molecule has 3 heteroatoms. The zero-order valence-electron chi connectivity index (χ0n) is 11.7. The van der Waals surface area contributed by atoms with Gasteiger partial charge in [-0.05, 0) is 48.6 Å². The second kappa shape index (κ2) is 5.19.